The molecule has 0 aromatic rings. The van der Waals surface area contributed by atoms with Crippen molar-refractivity contribution >= 4 is 5.91 Å². The van der Waals surface area contributed by atoms with Gasteiger partial charge < -0.3 is 4.90 Å². The van der Waals surface area contributed by atoms with E-state index in [1.807, 2.05) is 11.9 Å². The summed E-state index contributed by atoms with van der Waals surface area (Å²) in [7, 11) is 2.04. The summed E-state index contributed by atoms with van der Waals surface area (Å²) in [6.07, 6.45) is 15.5. The molecule has 2 saturated carbocycles. The van der Waals surface area contributed by atoms with Crippen LogP contribution in [0.5, 0.6) is 0 Å². The van der Waals surface area contributed by atoms with Gasteiger partial charge in [-0.15, -0.1) is 0 Å². The first-order valence-electron chi connectivity index (χ1n) is 13.6. The van der Waals surface area contributed by atoms with Crippen LogP contribution < -0.4 is 0 Å². The first kappa shape index (κ1) is 23.4. The Morgan fingerprint density at radius 2 is 1.81 bits per heavy atom. The van der Waals surface area contributed by atoms with Crippen molar-refractivity contribution in [3.63, 3.8) is 0 Å². The van der Waals surface area contributed by atoms with E-state index in [4.69, 9.17) is 0 Å². The van der Waals surface area contributed by atoms with Crippen LogP contribution in [-0.2, 0) is 4.79 Å². The minimum absolute atomic E-state index is 0.210. The Hall–Kier alpha value is -0.790. The lowest BCUT2D eigenvalue weighted by Crippen LogP contribution is -2.56. The van der Waals surface area contributed by atoms with Crippen LogP contribution in [0.3, 0.4) is 0 Å². The maximum Gasteiger partial charge on any atom is 0.226 e. The highest BCUT2D eigenvalue weighted by Gasteiger charge is 2.61. The number of allylic oxidation sites excluding steroid dienone is 2. The van der Waals surface area contributed by atoms with Gasteiger partial charge in [0, 0.05) is 24.6 Å². The molecule has 1 saturated heterocycles. The Morgan fingerprint density at radius 3 is 2.48 bits per heavy atom. The smallest absolute Gasteiger partial charge is 0.226 e. The molecule has 4 aliphatic rings. The van der Waals surface area contributed by atoms with Crippen LogP contribution in [0, 0.1) is 52.3 Å². The van der Waals surface area contributed by atoms with Crippen molar-refractivity contribution in [2.24, 2.45) is 52.3 Å². The summed E-state index contributed by atoms with van der Waals surface area (Å²) >= 11 is 0. The summed E-state index contributed by atoms with van der Waals surface area (Å²) in [6, 6.07) is 0. The molecule has 8 atom stereocenters. The number of piperidine rings is 1. The topological polar surface area (TPSA) is 20.3 Å². The van der Waals surface area contributed by atoms with Crippen molar-refractivity contribution in [1.29, 1.82) is 0 Å². The predicted octanol–water partition coefficient (Wildman–Crippen LogP) is 7.69. The van der Waals surface area contributed by atoms with Gasteiger partial charge in [-0.25, -0.2) is 0 Å². The molecule has 0 aromatic carbocycles. The highest BCUT2D eigenvalue weighted by molar-refractivity contribution is 5.79. The van der Waals surface area contributed by atoms with Gasteiger partial charge in [0.2, 0.25) is 5.91 Å². The lowest BCUT2D eigenvalue weighted by atomic mass is 9.46. The molecule has 31 heavy (non-hydrogen) atoms. The van der Waals surface area contributed by atoms with Gasteiger partial charge in [0.25, 0.3) is 0 Å². The minimum atomic E-state index is 0.210. The molecular formula is C29H49NO. The van der Waals surface area contributed by atoms with Gasteiger partial charge in [-0.05, 0) is 85.4 Å². The molecule has 0 spiro atoms. The van der Waals surface area contributed by atoms with Crippen molar-refractivity contribution in [2.45, 2.75) is 106 Å². The second-order valence-electron chi connectivity index (χ2n) is 12.8. The van der Waals surface area contributed by atoms with E-state index in [1.165, 1.54) is 57.1 Å². The van der Waals surface area contributed by atoms with E-state index in [1.54, 1.807) is 0 Å². The van der Waals surface area contributed by atoms with E-state index in [-0.39, 0.29) is 5.41 Å². The quantitative estimate of drug-likeness (QED) is 0.425. The molecule has 2 nitrogen and oxygen atoms in total. The second-order valence-corrected chi connectivity index (χ2v) is 12.8. The summed E-state index contributed by atoms with van der Waals surface area (Å²) in [5, 5.41) is 0. The third kappa shape index (κ3) is 3.72. The van der Waals surface area contributed by atoms with Crippen molar-refractivity contribution in [1.82, 2.24) is 4.90 Å². The molecule has 0 aromatic heterocycles. The number of fused-ring (bicyclic) bond motifs is 5. The zero-order valence-electron chi connectivity index (χ0n) is 21.5. The number of rotatable bonds is 6. The van der Waals surface area contributed by atoms with E-state index in [2.05, 4.69) is 47.6 Å². The van der Waals surface area contributed by atoms with E-state index in [0.29, 0.717) is 17.2 Å². The maximum atomic E-state index is 12.5. The largest absolute Gasteiger partial charge is 0.319 e. The first-order chi connectivity index (χ1) is 14.6. The van der Waals surface area contributed by atoms with Crippen molar-refractivity contribution in [3.8, 4) is 0 Å². The number of likely N-dealkylation sites (tertiary alicyclic amines) is 1. The zero-order valence-corrected chi connectivity index (χ0v) is 21.5. The number of carbonyl (C=O) groups is 1. The van der Waals surface area contributed by atoms with Crippen LogP contribution in [0.2, 0.25) is 0 Å². The molecule has 6 unspecified atom stereocenters. The van der Waals surface area contributed by atoms with Gasteiger partial charge >= 0.3 is 0 Å². The molecule has 4 rings (SSSR count). The van der Waals surface area contributed by atoms with Gasteiger partial charge in [-0.3, -0.25) is 4.79 Å². The number of carbonyl (C=O) groups excluding carboxylic acids is 1. The lowest BCUT2D eigenvalue weighted by Gasteiger charge is -2.60. The Labute approximate surface area is 192 Å². The molecular weight excluding hydrogens is 378 g/mol. The molecule has 176 valence electrons. The van der Waals surface area contributed by atoms with Gasteiger partial charge in [-0.1, -0.05) is 66.9 Å². The fourth-order valence-corrected chi connectivity index (χ4v) is 9.12. The van der Waals surface area contributed by atoms with Crippen LogP contribution in [0.1, 0.15) is 106 Å². The molecule has 1 amide bonds. The standard InChI is InChI=1S/C29H49NO/c1-8-21-18-25-29(6,17-15-26(31)30(25)7)24-14-16-28(5)22(12-13-23(28)27(21)24)20(4)11-9-10-19(2)3/h18-24,27H,8-17H2,1-7H3/t20?,21?,22?,23?,24?,27?,28-,29-/m1/s1. The fourth-order valence-electron chi connectivity index (χ4n) is 9.12. The Bertz CT molecular complexity index is 710. The highest BCUT2D eigenvalue weighted by Crippen LogP contribution is 2.68. The zero-order chi connectivity index (χ0) is 22.6. The summed E-state index contributed by atoms with van der Waals surface area (Å²) in [5.41, 5.74) is 2.11. The molecule has 3 fully saturated rings. The summed E-state index contributed by atoms with van der Waals surface area (Å²) in [5.74, 6) is 6.07. The predicted molar refractivity (Wildman–Crippen MR) is 130 cm³/mol. The van der Waals surface area contributed by atoms with Crippen LogP contribution in [0.15, 0.2) is 11.8 Å². The summed E-state index contributed by atoms with van der Waals surface area (Å²) in [6.45, 7) is 14.9. The SMILES string of the molecule is CCC1C=C2N(C)C(=O)CC[C@]2(C)C2CC[C@]3(C)C(C(C)CCCC(C)C)CCC3C12. The Balaban J connectivity index is 1.60. The Morgan fingerprint density at radius 1 is 1.06 bits per heavy atom. The van der Waals surface area contributed by atoms with E-state index in [0.717, 1.165) is 48.3 Å². The third-order valence-corrected chi connectivity index (χ3v) is 10.9. The maximum absolute atomic E-state index is 12.5. The average Bonchev–Trinajstić information content (AvgIpc) is 3.08. The van der Waals surface area contributed by atoms with Crippen LogP contribution in [-0.4, -0.2) is 17.9 Å². The van der Waals surface area contributed by atoms with Crippen molar-refractivity contribution in [2.75, 3.05) is 7.05 Å². The van der Waals surface area contributed by atoms with Gasteiger partial charge in [-0.2, -0.15) is 0 Å². The highest BCUT2D eigenvalue weighted by atomic mass is 16.2. The monoisotopic (exact) mass is 427 g/mol. The van der Waals surface area contributed by atoms with E-state index >= 15 is 0 Å². The third-order valence-electron chi connectivity index (χ3n) is 10.9. The molecule has 2 heteroatoms. The number of nitrogens with zero attached hydrogens (tertiary/aromatic N) is 1. The molecule has 0 radical (unpaired) electrons. The number of amides is 1. The summed E-state index contributed by atoms with van der Waals surface area (Å²) in [4.78, 5) is 14.5. The van der Waals surface area contributed by atoms with Gasteiger partial charge in [0.1, 0.15) is 0 Å². The molecule has 0 bridgehead atoms. The first-order valence-corrected chi connectivity index (χ1v) is 13.6. The molecule has 1 heterocycles. The van der Waals surface area contributed by atoms with Gasteiger partial charge in [0.15, 0.2) is 0 Å². The van der Waals surface area contributed by atoms with E-state index < -0.39 is 0 Å². The van der Waals surface area contributed by atoms with Crippen molar-refractivity contribution < 1.29 is 4.79 Å². The molecule has 0 N–H and O–H groups in total. The molecule has 1 aliphatic heterocycles. The van der Waals surface area contributed by atoms with E-state index in [9.17, 15) is 4.79 Å². The number of hydrogen-bond donors (Lipinski definition) is 0. The molecule has 3 aliphatic carbocycles. The van der Waals surface area contributed by atoms with Crippen LogP contribution >= 0.6 is 0 Å². The fraction of sp³-hybridized carbons (Fsp3) is 0.897. The van der Waals surface area contributed by atoms with Crippen LogP contribution in [0.25, 0.3) is 0 Å². The second kappa shape index (κ2) is 8.53. The van der Waals surface area contributed by atoms with Crippen molar-refractivity contribution in [3.05, 3.63) is 11.8 Å². The summed E-state index contributed by atoms with van der Waals surface area (Å²) < 4.78 is 0. The average molecular weight is 428 g/mol. The normalized spacial score (nSPS) is 43.4. The minimum Gasteiger partial charge on any atom is -0.319 e. The lowest BCUT2D eigenvalue weighted by molar-refractivity contribution is -0.137. The van der Waals surface area contributed by atoms with Gasteiger partial charge in [0.05, 0.1) is 0 Å². The van der Waals surface area contributed by atoms with Crippen LogP contribution in [0.4, 0.5) is 0 Å². The Kier molecular flexibility index (Phi) is 6.43. The number of hydrogen-bond acceptors (Lipinski definition) is 1.